The molecule has 0 bridgehead atoms. The van der Waals surface area contributed by atoms with Crippen molar-refractivity contribution in [2.45, 2.75) is 31.5 Å². The van der Waals surface area contributed by atoms with Crippen LogP contribution >= 0.6 is 0 Å². The number of rotatable bonds is 4. The molecule has 2 fully saturated rings. The number of hydrazine groups is 1. The largest absolute Gasteiger partial charge is 0.496 e. The molecule has 4 N–H and O–H groups in total. The lowest BCUT2D eigenvalue weighted by atomic mass is 9.79. The first-order valence-corrected chi connectivity index (χ1v) is 9.93. The third-order valence-corrected chi connectivity index (χ3v) is 6.12. The maximum absolute atomic E-state index is 14.6. The summed E-state index contributed by atoms with van der Waals surface area (Å²) in [4.78, 5) is 12.0. The Morgan fingerprint density at radius 3 is 2.79 bits per heavy atom. The van der Waals surface area contributed by atoms with Gasteiger partial charge in [0, 0.05) is 36.8 Å². The number of hydrogen-bond acceptors (Lipinski definition) is 5. The second kappa shape index (κ2) is 8.10. The van der Waals surface area contributed by atoms with Crippen molar-refractivity contribution in [1.82, 2.24) is 21.5 Å². The zero-order chi connectivity index (χ0) is 20.5. The molecule has 4 unspecified atom stereocenters. The quantitative estimate of drug-likeness (QED) is 0.636. The van der Waals surface area contributed by atoms with E-state index in [2.05, 4.69) is 27.6 Å². The summed E-state index contributed by atoms with van der Waals surface area (Å²) in [7, 11) is 3.21. The number of halogens is 1. The molecule has 154 valence electrons. The van der Waals surface area contributed by atoms with Gasteiger partial charge in [0.25, 0.3) is 5.91 Å². The van der Waals surface area contributed by atoms with Gasteiger partial charge in [0.1, 0.15) is 11.6 Å². The van der Waals surface area contributed by atoms with Crippen LogP contribution in [0.5, 0.6) is 5.75 Å². The summed E-state index contributed by atoms with van der Waals surface area (Å²) in [6.07, 6.45) is 0.767. The number of carbonyl (C=O) groups is 1. The lowest BCUT2D eigenvalue weighted by Crippen LogP contribution is -2.46. The predicted octanol–water partition coefficient (Wildman–Crippen LogP) is 2.37. The summed E-state index contributed by atoms with van der Waals surface area (Å²) < 4.78 is 20.0. The molecule has 2 aliphatic rings. The summed E-state index contributed by atoms with van der Waals surface area (Å²) in [5.41, 5.74) is 10.1. The molecule has 29 heavy (non-hydrogen) atoms. The summed E-state index contributed by atoms with van der Waals surface area (Å²) >= 11 is 0. The number of hydrogen-bond donors (Lipinski definition) is 4. The number of piperidine rings is 1. The lowest BCUT2D eigenvalue weighted by molar-refractivity contribution is 0.0962. The smallest absolute Gasteiger partial charge is 0.251 e. The Hall–Kier alpha value is -2.48. The van der Waals surface area contributed by atoms with Crippen LogP contribution in [0.1, 0.15) is 45.6 Å². The molecule has 2 saturated heterocycles. The fourth-order valence-electron chi connectivity index (χ4n) is 4.62. The number of nitrogens with one attached hydrogen (secondary N) is 4. The zero-order valence-corrected chi connectivity index (χ0v) is 16.9. The monoisotopic (exact) mass is 398 g/mol. The Bertz CT molecular complexity index is 920. The number of aryl methyl sites for hydroxylation is 1. The van der Waals surface area contributed by atoms with Gasteiger partial charge in [-0.25, -0.2) is 9.82 Å². The van der Waals surface area contributed by atoms with E-state index in [4.69, 9.17) is 4.74 Å². The lowest BCUT2D eigenvalue weighted by Gasteiger charge is -2.35. The van der Waals surface area contributed by atoms with E-state index in [0.29, 0.717) is 16.9 Å². The van der Waals surface area contributed by atoms with E-state index in [1.807, 2.05) is 19.1 Å². The highest BCUT2D eigenvalue weighted by Crippen LogP contribution is 2.41. The molecule has 0 saturated carbocycles. The van der Waals surface area contributed by atoms with Gasteiger partial charge < -0.3 is 15.4 Å². The maximum atomic E-state index is 14.6. The highest BCUT2D eigenvalue weighted by atomic mass is 19.1. The normalized spacial score (nSPS) is 26.1. The molecule has 0 radical (unpaired) electrons. The number of ether oxygens (including phenoxy) is 1. The van der Waals surface area contributed by atoms with Crippen LogP contribution in [0.3, 0.4) is 0 Å². The number of amides is 1. The van der Waals surface area contributed by atoms with E-state index in [1.54, 1.807) is 26.3 Å². The third kappa shape index (κ3) is 3.61. The van der Waals surface area contributed by atoms with Crippen LogP contribution in [0.25, 0.3) is 0 Å². The molecule has 4 atom stereocenters. The Balaban J connectivity index is 1.60. The number of carbonyl (C=O) groups excluding carboxylic acids is 1. The van der Waals surface area contributed by atoms with E-state index >= 15 is 0 Å². The molecule has 2 heterocycles. The van der Waals surface area contributed by atoms with Gasteiger partial charge in [-0.15, -0.1) is 0 Å². The van der Waals surface area contributed by atoms with Crippen molar-refractivity contribution >= 4 is 5.91 Å². The van der Waals surface area contributed by atoms with Gasteiger partial charge in [-0.05, 0) is 48.6 Å². The zero-order valence-electron chi connectivity index (χ0n) is 16.9. The van der Waals surface area contributed by atoms with E-state index in [0.717, 1.165) is 24.1 Å². The predicted molar refractivity (Wildman–Crippen MR) is 109 cm³/mol. The van der Waals surface area contributed by atoms with Gasteiger partial charge in [0.05, 0.1) is 13.2 Å². The molecule has 0 aliphatic carbocycles. The van der Waals surface area contributed by atoms with Gasteiger partial charge in [-0.3, -0.25) is 10.2 Å². The van der Waals surface area contributed by atoms with Crippen LogP contribution in [-0.2, 0) is 0 Å². The van der Waals surface area contributed by atoms with Crippen molar-refractivity contribution in [2.75, 3.05) is 20.7 Å². The number of methoxy groups -OCH3 is 1. The molecule has 2 aromatic carbocycles. The average Bonchev–Trinajstić information content (AvgIpc) is 3.16. The van der Waals surface area contributed by atoms with Crippen LogP contribution in [0.4, 0.5) is 4.39 Å². The minimum atomic E-state index is -0.249. The Morgan fingerprint density at radius 1 is 1.24 bits per heavy atom. The van der Waals surface area contributed by atoms with Crippen molar-refractivity contribution in [2.24, 2.45) is 5.92 Å². The summed E-state index contributed by atoms with van der Waals surface area (Å²) in [5.74, 6) is 0.512. The van der Waals surface area contributed by atoms with Crippen molar-refractivity contribution in [3.8, 4) is 5.75 Å². The standard InChI is InChI=1S/C22H27FN4O2/c1-12-9-13(7-8-14(12)22(28)24-2)21-15-10-17(25-11-18(15)26-27-21)20-16(23)5-4-6-19(20)29-3/h4-9,15,17-18,21,25-27H,10-11H2,1-3H3,(H,24,28). The van der Waals surface area contributed by atoms with E-state index in [1.165, 1.54) is 6.07 Å². The minimum Gasteiger partial charge on any atom is -0.496 e. The van der Waals surface area contributed by atoms with E-state index in [9.17, 15) is 9.18 Å². The molecule has 1 amide bonds. The SMILES string of the molecule is CNC(=O)c1ccc(C2NNC3CNC(c4c(F)cccc4OC)CC32)cc1C. The highest BCUT2D eigenvalue weighted by Gasteiger charge is 2.42. The van der Waals surface area contributed by atoms with Gasteiger partial charge in [0.15, 0.2) is 0 Å². The summed E-state index contributed by atoms with van der Waals surface area (Å²) in [6.45, 7) is 2.68. The van der Waals surface area contributed by atoms with Gasteiger partial charge in [0.2, 0.25) is 0 Å². The second-order valence-electron chi connectivity index (χ2n) is 7.74. The van der Waals surface area contributed by atoms with E-state index < -0.39 is 0 Å². The first-order valence-electron chi connectivity index (χ1n) is 9.93. The molecule has 2 aliphatic heterocycles. The fourth-order valence-corrected chi connectivity index (χ4v) is 4.62. The van der Waals surface area contributed by atoms with Crippen LogP contribution in [0, 0.1) is 18.7 Å². The highest BCUT2D eigenvalue weighted by molar-refractivity contribution is 5.95. The van der Waals surface area contributed by atoms with Crippen molar-refractivity contribution in [3.05, 3.63) is 64.5 Å². The molecule has 2 aromatic rings. The van der Waals surface area contributed by atoms with E-state index in [-0.39, 0.29) is 35.8 Å². The Labute approximate surface area is 170 Å². The Kier molecular flexibility index (Phi) is 5.54. The van der Waals surface area contributed by atoms with Crippen LogP contribution < -0.4 is 26.2 Å². The Morgan fingerprint density at radius 2 is 2.07 bits per heavy atom. The molecular weight excluding hydrogens is 371 g/mol. The van der Waals surface area contributed by atoms with Gasteiger partial charge in [-0.2, -0.15) is 0 Å². The molecule has 0 aromatic heterocycles. The first kappa shape index (κ1) is 19.8. The molecular formula is C22H27FN4O2. The van der Waals surface area contributed by atoms with Crippen molar-refractivity contribution < 1.29 is 13.9 Å². The topological polar surface area (TPSA) is 74.4 Å². The third-order valence-electron chi connectivity index (χ3n) is 6.12. The molecule has 6 nitrogen and oxygen atoms in total. The molecule has 7 heteroatoms. The van der Waals surface area contributed by atoms with Crippen molar-refractivity contribution in [1.29, 1.82) is 0 Å². The van der Waals surface area contributed by atoms with Gasteiger partial charge in [-0.1, -0.05) is 18.2 Å². The van der Waals surface area contributed by atoms with Gasteiger partial charge >= 0.3 is 0 Å². The van der Waals surface area contributed by atoms with Crippen LogP contribution in [0.2, 0.25) is 0 Å². The summed E-state index contributed by atoms with van der Waals surface area (Å²) in [5, 5.41) is 6.14. The second-order valence-corrected chi connectivity index (χ2v) is 7.74. The summed E-state index contributed by atoms with van der Waals surface area (Å²) in [6, 6.07) is 11.1. The minimum absolute atomic E-state index is 0.0832. The van der Waals surface area contributed by atoms with Crippen molar-refractivity contribution in [3.63, 3.8) is 0 Å². The number of fused-ring (bicyclic) bond motifs is 1. The average molecular weight is 398 g/mol. The molecule has 4 rings (SSSR count). The number of benzene rings is 2. The fraction of sp³-hybridized carbons (Fsp3) is 0.409. The van der Waals surface area contributed by atoms with Crippen LogP contribution in [-0.4, -0.2) is 32.7 Å². The molecule has 0 spiro atoms. The first-order chi connectivity index (χ1) is 14.0. The van der Waals surface area contributed by atoms with Crippen LogP contribution in [0.15, 0.2) is 36.4 Å². The maximum Gasteiger partial charge on any atom is 0.251 e.